The number of hydrogen-bond donors (Lipinski definition) is 1. The van der Waals surface area contributed by atoms with E-state index < -0.39 is 0 Å². The smallest absolute Gasteiger partial charge is 0.234 e. The van der Waals surface area contributed by atoms with E-state index in [4.69, 9.17) is 0 Å². The highest BCUT2D eigenvalue weighted by Crippen LogP contribution is 2.31. The molecule has 0 spiro atoms. The third-order valence-electron chi connectivity index (χ3n) is 3.98. The van der Waals surface area contributed by atoms with E-state index in [-0.39, 0.29) is 11.7 Å². The van der Waals surface area contributed by atoms with Crippen LogP contribution < -0.4 is 5.32 Å². The predicted molar refractivity (Wildman–Crippen MR) is 91.5 cm³/mol. The van der Waals surface area contributed by atoms with Crippen molar-refractivity contribution in [1.82, 2.24) is 4.98 Å². The van der Waals surface area contributed by atoms with Crippen LogP contribution in [0, 0.1) is 18.3 Å². The van der Waals surface area contributed by atoms with Gasteiger partial charge in [-0.25, -0.2) is 4.98 Å². The Kier molecular flexibility index (Phi) is 4.63. The number of amides is 1. The topological polar surface area (TPSA) is 65.8 Å². The van der Waals surface area contributed by atoms with E-state index in [1.54, 1.807) is 0 Å². The summed E-state index contributed by atoms with van der Waals surface area (Å²) >= 11 is 1.33. The Morgan fingerprint density at radius 2 is 2.13 bits per heavy atom. The number of nitrogens with one attached hydrogen (secondary N) is 1. The van der Waals surface area contributed by atoms with Gasteiger partial charge >= 0.3 is 0 Å². The van der Waals surface area contributed by atoms with Crippen LogP contribution in [0.2, 0.25) is 0 Å². The largest absolute Gasteiger partial charge is 0.325 e. The van der Waals surface area contributed by atoms with Crippen LogP contribution in [0.4, 0.5) is 5.69 Å². The molecular formula is C18H17N3OS. The molecule has 0 fully saturated rings. The predicted octanol–water partition coefficient (Wildman–Crippen LogP) is 3.48. The van der Waals surface area contributed by atoms with Gasteiger partial charge in [-0.3, -0.25) is 4.79 Å². The van der Waals surface area contributed by atoms with Gasteiger partial charge in [-0.15, -0.1) is 0 Å². The SMILES string of the molecule is Cc1c(C#N)c(SCC(=O)Nc2ccccc2)nc2c1CCC2. The van der Waals surface area contributed by atoms with E-state index >= 15 is 0 Å². The summed E-state index contributed by atoms with van der Waals surface area (Å²) in [7, 11) is 0. The number of thioether (sulfide) groups is 1. The monoisotopic (exact) mass is 323 g/mol. The second-order valence-corrected chi connectivity index (χ2v) is 6.47. The molecule has 2 aromatic rings. The number of nitriles is 1. The van der Waals surface area contributed by atoms with E-state index in [0.717, 1.165) is 36.2 Å². The average Bonchev–Trinajstić information content (AvgIpc) is 3.03. The number of anilines is 1. The Hall–Kier alpha value is -2.32. The summed E-state index contributed by atoms with van der Waals surface area (Å²) in [5, 5.41) is 12.9. The molecule has 1 aliphatic carbocycles. The Labute approximate surface area is 139 Å². The first-order valence-electron chi connectivity index (χ1n) is 7.59. The van der Waals surface area contributed by atoms with Crippen molar-refractivity contribution >= 4 is 23.4 Å². The molecule has 4 nitrogen and oxygen atoms in total. The van der Waals surface area contributed by atoms with Crippen LogP contribution in [0.25, 0.3) is 0 Å². The number of hydrogen-bond acceptors (Lipinski definition) is 4. The standard InChI is InChI=1S/C18H17N3OS/c1-12-14-8-5-9-16(14)21-18(15(12)10-19)23-11-17(22)20-13-6-3-2-4-7-13/h2-4,6-7H,5,8-9,11H2,1H3,(H,20,22). The van der Waals surface area contributed by atoms with Gasteiger partial charge in [-0.05, 0) is 49.4 Å². The first-order chi connectivity index (χ1) is 11.2. The lowest BCUT2D eigenvalue weighted by atomic mass is 10.0. The molecule has 1 aliphatic rings. The maximum absolute atomic E-state index is 12.1. The van der Waals surface area contributed by atoms with E-state index in [2.05, 4.69) is 16.4 Å². The van der Waals surface area contributed by atoms with Crippen molar-refractivity contribution in [2.45, 2.75) is 31.2 Å². The molecular weight excluding hydrogens is 306 g/mol. The van der Waals surface area contributed by atoms with Crippen molar-refractivity contribution in [1.29, 1.82) is 5.26 Å². The zero-order valence-corrected chi connectivity index (χ0v) is 13.7. The highest BCUT2D eigenvalue weighted by Gasteiger charge is 2.21. The van der Waals surface area contributed by atoms with Gasteiger partial charge in [0.05, 0.1) is 11.3 Å². The van der Waals surface area contributed by atoms with Crippen molar-refractivity contribution in [2.24, 2.45) is 0 Å². The first-order valence-corrected chi connectivity index (χ1v) is 8.57. The molecule has 1 aromatic heterocycles. The van der Waals surface area contributed by atoms with Crippen molar-refractivity contribution in [2.75, 3.05) is 11.1 Å². The second kappa shape index (κ2) is 6.84. The fourth-order valence-corrected chi connectivity index (χ4v) is 3.69. The first kappa shape index (κ1) is 15.6. The van der Waals surface area contributed by atoms with E-state index in [1.165, 1.54) is 17.3 Å². The van der Waals surface area contributed by atoms with Gasteiger partial charge in [-0.2, -0.15) is 5.26 Å². The van der Waals surface area contributed by atoms with Crippen molar-refractivity contribution < 1.29 is 4.79 Å². The Morgan fingerprint density at radius 1 is 1.35 bits per heavy atom. The lowest BCUT2D eigenvalue weighted by molar-refractivity contribution is -0.113. The van der Waals surface area contributed by atoms with Gasteiger partial charge in [0.1, 0.15) is 11.1 Å². The van der Waals surface area contributed by atoms with Crippen molar-refractivity contribution in [3.05, 3.63) is 52.7 Å². The van der Waals surface area contributed by atoms with E-state index in [1.807, 2.05) is 37.3 Å². The summed E-state index contributed by atoms with van der Waals surface area (Å²) < 4.78 is 0. The van der Waals surface area contributed by atoms with Gasteiger partial charge < -0.3 is 5.32 Å². The van der Waals surface area contributed by atoms with Crippen LogP contribution >= 0.6 is 11.8 Å². The summed E-state index contributed by atoms with van der Waals surface area (Å²) in [6, 6.07) is 11.6. The summed E-state index contributed by atoms with van der Waals surface area (Å²) in [5.74, 6) is 0.152. The molecule has 1 heterocycles. The van der Waals surface area contributed by atoms with Crippen molar-refractivity contribution in [3.8, 4) is 6.07 Å². The molecule has 0 radical (unpaired) electrons. The molecule has 23 heavy (non-hydrogen) atoms. The summed E-state index contributed by atoms with van der Waals surface area (Å²) in [5.41, 5.74) is 4.73. The van der Waals surface area contributed by atoms with Gasteiger partial charge in [0.15, 0.2) is 0 Å². The number of carbonyl (C=O) groups is 1. The number of fused-ring (bicyclic) bond motifs is 1. The molecule has 5 heteroatoms. The average molecular weight is 323 g/mol. The van der Waals surface area contributed by atoms with E-state index in [0.29, 0.717) is 10.6 Å². The highest BCUT2D eigenvalue weighted by molar-refractivity contribution is 8.00. The molecule has 0 saturated heterocycles. The third kappa shape index (κ3) is 3.38. The fraction of sp³-hybridized carbons (Fsp3) is 0.278. The second-order valence-electron chi connectivity index (χ2n) is 5.51. The van der Waals surface area contributed by atoms with Crippen LogP contribution in [0.15, 0.2) is 35.4 Å². The number of nitrogens with zero attached hydrogens (tertiary/aromatic N) is 2. The highest BCUT2D eigenvalue weighted by atomic mass is 32.2. The number of carbonyl (C=O) groups excluding carboxylic acids is 1. The lowest BCUT2D eigenvalue weighted by Crippen LogP contribution is -2.14. The van der Waals surface area contributed by atoms with Crippen LogP contribution in [-0.2, 0) is 17.6 Å². The fourth-order valence-electron chi connectivity index (χ4n) is 2.83. The van der Waals surface area contributed by atoms with Gasteiger partial charge in [0.25, 0.3) is 0 Å². The number of pyridine rings is 1. The third-order valence-corrected chi connectivity index (χ3v) is 4.95. The molecule has 1 amide bonds. The lowest BCUT2D eigenvalue weighted by Gasteiger charge is -2.11. The molecule has 0 aliphatic heterocycles. The maximum atomic E-state index is 12.1. The van der Waals surface area contributed by atoms with Gasteiger partial charge in [-0.1, -0.05) is 30.0 Å². The number of para-hydroxylation sites is 1. The maximum Gasteiger partial charge on any atom is 0.234 e. The van der Waals surface area contributed by atoms with Crippen LogP contribution in [0.5, 0.6) is 0 Å². The van der Waals surface area contributed by atoms with Crippen molar-refractivity contribution in [3.63, 3.8) is 0 Å². The molecule has 3 rings (SSSR count). The molecule has 116 valence electrons. The number of aryl methyl sites for hydroxylation is 1. The van der Waals surface area contributed by atoms with Crippen LogP contribution in [0.1, 0.15) is 28.8 Å². The Bertz CT molecular complexity index is 781. The summed E-state index contributed by atoms with van der Waals surface area (Å²) in [6.07, 6.45) is 3.06. The molecule has 1 N–H and O–H groups in total. The normalized spacial score (nSPS) is 12.5. The molecule has 0 unspecified atom stereocenters. The molecule has 0 atom stereocenters. The van der Waals surface area contributed by atoms with Gasteiger partial charge in [0, 0.05) is 11.4 Å². The minimum absolute atomic E-state index is 0.0926. The number of benzene rings is 1. The number of rotatable bonds is 4. The minimum Gasteiger partial charge on any atom is -0.325 e. The quantitative estimate of drug-likeness (QED) is 0.875. The molecule has 0 bridgehead atoms. The van der Waals surface area contributed by atoms with Gasteiger partial charge in [0.2, 0.25) is 5.91 Å². The minimum atomic E-state index is -0.0926. The molecule has 0 saturated carbocycles. The van der Waals surface area contributed by atoms with Crippen LogP contribution in [0.3, 0.4) is 0 Å². The summed E-state index contributed by atoms with van der Waals surface area (Å²) in [6.45, 7) is 1.98. The zero-order valence-electron chi connectivity index (χ0n) is 12.9. The Balaban J connectivity index is 1.72. The van der Waals surface area contributed by atoms with E-state index in [9.17, 15) is 10.1 Å². The van der Waals surface area contributed by atoms with Crippen LogP contribution in [-0.4, -0.2) is 16.6 Å². The molecule has 1 aromatic carbocycles. The number of aromatic nitrogens is 1. The Morgan fingerprint density at radius 3 is 2.87 bits per heavy atom. The zero-order chi connectivity index (χ0) is 16.2. The summed E-state index contributed by atoms with van der Waals surface area (Å²) in [4.78, 5) is 16.7.